The molecule has 2 fully saturated rings. The highest BCUT2D eigenvalue weighted by Gasteiger charge is 2.52. The summed E-state index contributed by atoms with van der Waals surface area (Å²) in [4.78, 5) is 12.1. The van der Waals surface area contributed by atoms with Crippen LogP contribution >= 0.6 is 0 Å². The molecule has 0 saturated heterocycles. The van der Waals surface area contributed by atoms with Crippen molar-refractivity contribution in [2.75, 3.05) is 0 Å². The number of hydrogen-bond donors (Lipinski definition) is 1. The number of rotatable bonds is 4. The molecule has 19 heavy (non-hydrogen) atoms. The van der Waals surface area contributed by atoms with E-state index >= 15 is 0 Å². The predicted octanol–water partition coefficient (Wildman–Crippen LogP) is 3.15. The molecule has 0 aromatic rings. The highest BCUT2D eigenvalue weighted by Crippen LogP contribution is 2.53. The summed E-state index contributed by atoms with van der Waals surface area (Å²) in [7, 11) is 0. The van der Waals surface area contributed by atoms with Crippen molar-refractivity contribution in [2.24, 2.45) is 23.2 Å². The van der Waals surface area contributed by atoms with Crippen LogP contribution in [0, 0.1) is 23.2 Å². The summed E-state index contributed by atoms with van der Waals surface area (Å²) in [5, 5.41) is 10.2. The standard InChI is InChI=1S/C16H28O3/c1-6-15(2,3)14(17)19-13-9-10-7-11(13)8-12(10)16(4,5)18/h10-13,18H,6-9H2,1-5H3. The maximum absolute atomic E-state index is 12.1. The summed E-state index contributed by atoms with van der Waals surface area (Å²) >= 11 is 0. The van der Waals surface area contributed by atoms with Crippen LogP contribution in [0.2, 0.25) is 0 Å². The van der Waals surface area contributed by atoms with Gasteiger partial charge in [-0.2, -0.15) is 0 Å². The molecule has 0 heterocycles. The van der Waals surface area contributed by atoms with Crippen molar-refractivity contribution >= 4 is 5.97 Å². The summed E-state index contributed by atoms with van der Waals surface area (Å²) in [6, 6.07) is 0. The fraction of sp³-hybridized carbons (Fsp3) is 0.938. The Balaban J connectivity index is 1.94. The molecule has 3 nitrogen and oxygen atoms in total. The molecular weight excluding hydrogens is 240 g/mol. The maximum Gasteiger partial charge on any atom is 0.311 e. The van der Waals surface area contributed by atoms with Gasteiger partial charge in [-0.1, -0.05) is 6.92 Å². The molecule has 4 unspecified atom stereocenters. The molecule has 0 aromatic carbocycles. The molecule has 2 bridgehead atoms. The molecule has 2 aliphatic rings. The number of aliphatic hydroxyl groups is 1. The second-order valence-corrected chi connectivity index (χ2v) is 7.67. The minimum absolute atomic E-state index is 0.0626. The van der Waals surface area contributed by atoms with E-state index in [1.54, 1.807) is 0 Å². The fourth-order valence-electron chi connectivity index (χ4n) is 3.67. The van der Waals surface area contributed by atoms with E-state index in [4.69, 9.17) is 4.74 Å². The zero-order valence-electron chi connectivity index (χ0n) is 12.9. The van der Waals surface area contributed by atoms with E-state index < -0.39 is 5.60 Å². The van der Waals surface area contributed by atoms with E-state index in [1.807, 2.05) is 34.6 Å². The second kappa shape index (κ2) is 4.76. The van der Waals surface area contributed by atoms with Crippen LogP contribution in [0.25, 0.3) is 0 Å². The third-order valence-electron chi connectivity index (χ3n) is 5.39. The first-order valence-corrected chi connectivity index (χ1v) is 7.58. The molecule has 2 saturated carbocycles. The molecule has 0 spiro atoms. The number of ether oxygens (including phenoxy) is 1. The molecule has 4 atom stereocenters. The minimum Gasteiger partial charge on any atom is -0.462 e. The molecule has 1 N–H and O–H groups in total. The summed E-state index contributed by atoms with van der Waals surface area (Å²) in [5.41, 5.74) is -0.978. The van der Waals surface area contributed by atoms with Crippen molar-refractivity contribution < 1.29 is 14.6 Å². The van der Waals surface area contributed by atoms with Gasteiger partial charge in [-0.05, 0) is 71.1 Å². The maximum atomic E-state index is 12.1. The molecule has 0 radical (unpaired) electrons. The zero-order valence-corrected chi connectivity index (χ0v) is 12.9. The van der Waals surface area contributed by atoms with Gasteiger partial charge in [0.05, 0.1) is 11.0 Å². The Labute approximate surface area is 116 Å². The minimum atomic E-state index is -0.600. The van der Waals surface area contributed by atoms with Gasteiger partial charge in [0.25, 0.3) is 0 Å². The van der Waals surface area contributed by atoms with Crippen LogP contribution in [-0.4, -0.2) is 22.8 Å². The van der Waals surface area contributed by atoms with Gasteiger partial charge in [0, 0.05) is 0 Å². The number of fused-ring (bicyclic) bond motifs is 2. The quantitative estimate of drug-likeness (QED) is 0.797. The van der Waals surface area contributed by atoms with E-state index in [2.05, 4.69) is 0 Å². The Morgan fingerprint density at radius 1 is 1.16 bits per heavy atom. The summed E-state index contributed by atoms with van der Waals surface area (Å²) < 4.78 is 5.74. The highest BCUT2D eigenvalue weighted by molar-refractivity contribution is 5.76. The fourth-order valence-corrected chi connectivity index (χ4v) is 3.67. The lowest BCUT2D eigenvalue weighted by Crippen LogP contribution is -2.39. The van der Waals surface area contributed by atoms with Crippen LogP contribution in [-0.2, 0) is 9.53 Å². The van der Waals surface area contributed by atoms with Crippen LogP contribution in [0.3, 0.4) is 0 Å². The van der Waals surface area contributed by atoms with Gasteiger partial charge in [0.2, 0.25) is 0 Å². The van der Waals surface area contributed by atoms with Crippen molar-refractivity contribution in [3.8, 4) is 0 Å². The summed E-state index contributed by atoms with van der Waals surface area (Å²) in [5.74, 6) is 1.28. The Bertz CT molecular complexity index is 353. The third kappa shape index (κ3) is 2.81. The van der Waals surface area contributed by atoms with Gasteiger partial charge in [0.15, 0.2) is 0 Å². The zero-order chi connectivity index (χ0) is 14.4. The molecule has 0 amide bonds. The normalized spacial score (nSPS) is 34.6. The number of hydrogen-bond acceptors (Lipinski definition) is 3. The van der Waals surface area contributed by atoms with E-state index in [9.17, 15) is 9.90 Å². The van der Waals surface area contributed by atoms with Crippen molar-refractivity contribution in [2.45, 2.75) is 72.0 Å². The second-order valence-electron chi connectivity index (χ2n) is 7.67. The van der Waals surface area contributed by atoms with E-state index in [0.29, 0.717) is 17.8 Å². The number of esters is 1. The molecule has 2 rings (SSSR count). The first kappa shape index (κ1) is 14.8. The van der Waals surface area contributed by atoms with E-state index in [1.165, 1.54) is 0 Å². The first-order valence-electron chi connectivity index (χ1n) is 7.58. The van der Waals surface area contributed by atoms with Crippen LogP contribution in [0.4, 0.5) is 0 Å². The lowest BCUT2D eigenvalue weighted by Gasteiger charge is -2.36. The lowest BCUT2D eigenvalue weighted by molar-refractivity contribution is -0.163. The average molecular weight is 268 g/mol. The van der Waals surface area contributed by atoms with Crippen molar-refractivity contribution in [1.29, 1.82) is 0 Å². The monoisotopic (exact) mass is 268 g/mol. The van der Waals surface area contributed by atoms with Gasteiger partial charge in [-0.15, -0.1) is 0 Å². The molecule has 110 valence electrons. The van der Waals surface area contributed by atoms with Crippen molar-refractivity contribution in [3.63, 3.8) is 0 Å². The van der Waals surface area contributed by atoms with Gasteiger partial charge < -0.3 is 9.84 Å². The van der Waals surface area contributed by atoms with Crippen molar-refractivity contribution in [1.82, 2.24) is 0 Å². The highest BCUT2D eigenvalue weighted by atomic mass is 16.5. The summed E-state index contributed by atoms with van der Waals surface area (Å²) in [6.45, 7) is 9.72. The Hall–Kier alpha value is -0.570. The number of carbonyl (C=O) groups is 1. The van der Waals surface area contributed by atoms with Crippen LogP contribution < -0.4 is 0 Å². The Morgan fingerprint density at radius 3 is 2.21 bits per heavy atom. The van der Waals surface area contributed by atoms with Gasteiger partial charge in [-0.25, -0.2) is 0 Å². The largest absolute Gasteiger partial charge is 0.462 e. The SMILES string of the molecule is CCC(C)(C)C(=O)OC1CC2CC1CC2C(C)(C)O. The smallest absolute Gasteiger partial charge is 0.311 e. The Kier molecular flexibility index (Phi) is 3.72. The predicted molar refractivity (Wildman–Crippen MR) is 74.6 cm³/mol. The van der Waals surface area contributed by atoms with Gasteiger partial charge in [-0.3, -0.25) is 4.79 Å². The molecule has 0 aromatic heterocycles. The topological polar surface area (TPSA) is 46.5 Å². The molecule has 2 aliphatic carbocycles. The van der Waals surface area contributed by atoms with E-state index in [-0.39, 0.29) is 17.5 Å². The number of carbonyl (C=O) groups excluding carboxylic acids is 1. The van der Waals surface area contributed by atoms with E-state index in [0.717, 1.165) is 25.7 Å². The van der Waals surface area contributed by atoms with Gasteiger partial charge in [0.1, 0.15) is 6.10 Å². The lowest BCUT2D eigenvalue weighted by atomic mass is 9.77. The summed E-state index contributed by atoms with van der Waals surface area (Å²) in [6.07, 6.45) is 3.93. The molecule has 3 heteroatoms. The first-order chi connectivity index (χ1) is 8.65. The molecular formula is C16H28O3. The van der Waals surface area contributed by atoms with Gasteiger partial charge >= 0.3 is 5.97 Å². The molecule has 0 aliphatic heterocycles. The van der Waals surface area contributed by atoms with Crippen molar-refractivity contribution in [3.05, 3.63) is 0 Å². The van der Waals surface area contributed by atoms with Crippen LogP contribution in [0.1, 0.15) is 60.3 Å². The van der Waals surface area contributed by atoms with Crippen LogP contribution in [0.15, 0.2) is 0 Å². The average Bonchev–Trinajstić information content (AvgIpc) is 2.87. The third-order valence-corrected chi connectivity index (χ3v) is 5.39. The Morgan fingerprint density at radius 2 is 1.79 bits per heavy atom. The van der Waals surface area contributed by atoms with Crippen LogP contribution in [0.5, 0.6) is 0 Å².